The van der Waals surface area contributed by atoms with Gasteiger partial charge in [0.1, 0.15) is 0 Å². The predicted molar refractivity (Wildman–Crippen MR) is 49.9 cm³/mol. The van der Waals surface area contributed by atoms with E-state index in [1.807, 2.05) is 13.8 Å². The van der Waals surface area contributed by atoms with Crippen LogP contribution in [-0.2, 0) is 4.79 Å². The predicted octanol–water partition coefficient (Wildman–Crippen LogP) is 1.93. The van der Waals surface area contributed by atoms with Gasteiger partial charge in [-0.3, -0.25) is 4.79 Å². The molecule has 0 radical (unpaired) electrons. The molecular formula is C10H18O2. The Balaban J connectivity index is 4.12. The Hall–Kier alpha value is -0.630. The lowest BCUT2D eigenvalue weighted by molar-refractivity contribution is -0.112. The van der Waals surface area contributed by atoms with Gasteiger partial charge >= 0.3 is 0 Å². The molecular weight excluding hydrogens is 152 g/mol. The van der Waals surface area contributed by atoms with E-state index < -0.39 is 5.60 Å². The third-order valence-corrected chi connectivity index (χ3v) is 1.50. The van der Waals surface area contributed by atoms with E-state index in [0.717, 1.165) is 0 Å². The van der Waals surface area contributed by atoms with Crippen molar-refractivity contribution in [1.29, 1.82) is 0 Å². The second-order valence-corrected chi connectivity index (χ2v) is 3.90. The molecule has 0 bridgehead atoms. The van der Waals surface area contributed by atoms with Crippen LogP contribution in [0.25, 0.3) is 0 Å². The smallest absolute Gasteiger partial charge is 0.152 e. The Bertz CT molecular complexity index is 178. The lowest BCUT2D eigenvalue weighted by Gasteiger charge is -2.20. The Morgan fingerprint density at radius 3 is 2.42 bits per heavy atom. The molecule has 2 heteroatoms. The Kier molecular flexibility index (Phi) is 4.18. The molecule has 70 valence electrons. The molecule has 1 N–H and O–H groups in total. The van der Waals surface area contributed by atoms with Crippen LogP contribution in [0.4, 0.5) is 0 Å². The average Bonchev–Trinajstić information content (AvgIpc) is 1.81. The fourth-order valence-corrected chi connectivity index (χ4v) is 1.19. The summed E-state index contributed by atoms with van der Waals surface area (Å²) in [5, 5.41) is 9.69. The van der Waals surface area contributed by atoms with Gasteiger partial charge in [0.2, 0.25) is 0 Å². The maximum atomic E-state index is 10.6. The molecule has 0 aliphatic carbocycles. The molecule has 0 aromatic rings. The van der Waals surface area contributed by atoms with Crippen LogP contribution in [0.1, 0.15) is 34.1 Å². The van der Waals surface area contributed by atoms with Crippen molar-refractivity contribution < 1.29 is 9.90 Å². The number of allylic oxidation sites excluding steroid dienone is 1. The van der Waals surface area contributed by atoms with E-state index in [1.54, 1.807) is 13.0 Å². The van der Waals surface area contributed by atoms with Crippen molar-refractivity contribution in [3.63, 3.8) is 0 Å². The molecule has 1 atom stereocenters. The summed E-state index contributed by atoms with van der Waals surface area (Å²) in [6.07, 6.45) is 3.66. The molecule has 0 amide bonds. The van der Waals surface area contributed by atoms with Gasteiger partial charge in [0.15, 0.2) is 5.78 Å². The van der Waals surface area contributed by atoms with E-state index in [4.69, 9.17) is 0 Å². The zero-order valence-electron chi connectivity index (χ0n) is 8.29. The van der Waals surface area contributed by atoms with Crippen LogP contribution in [0.2, 0.25) is 0 Å². The van der Waals surface area contributed by atoms with Gasteiger partial charge in [-0.2, -0.15) is 0 Å². The van der Waals surface area contributed by atoms with E-state index in [2.05, 4.69) is 0 Å². The minimum atomic E-state index is -0.847. The topological polar surface area (TPSA) is 37.3 Å². The minimum Gasteiger partial charge on any atom is -0.386 e. The van der Waals surface area contributed by atoms with Crippen LogP contribution in [0.3, 0.4) is 0 Å². The van der Waals surface area contributed by atoms with Gasteiger partial charge < -0.3 is 5.11 Å². The van der Waals surface area contributed by atoms with E-state index in [1.165, 1.54) is 13.0 Å². The molecule has 0 aromatic carbocycles. The van der Waals surface area contributed by atoms with Gasteiger partial charge in [0.05, 0.1) is 5.60 Å². The summed E-state index contributed by atoms with van der Waals surface area (Å²) in [5.74, 6) is 0.399. The Morgan fingerprint density at radius 2 is 2.08 bits per heavy atom. The van der Waals surface area contributed by atoms with Crippen molar-refractivity contribution >= 4 is 5.78 Å². The molecule has 0 rings (SSSR count). The summed E-state index contributed by atoms with van der Waals surface area (Å²) < 4.78 is 0. The molecule has 0 aliphatic rings. The number of ketones is 1. The summed E-state index contributed by atoms with van der Waals surface area (Å²) in [5.41, 5.74) is -0.847. The third kappa shape index (κ3) is 6.10. The first kappa shape index (κ1) is 11.4. The summed E-state index contributed by atoms with van der Waals surface area (Å²) in [7, 11) is 0. The van der Waals surface area contributed by atoms with Crippen LogP contribution in [0, 0.1) is 5.92 Å². The lowest BCUT2D eigenvalue weighted by Crippen LogP contribution is -2.23. The fraction of sp³-hybridized carbons (Fsp3) is 0.700. The standard InChI is InChI=1S/C10H18O2/c1-8(2)7-10(4,12)6-5-9(3)11/h5-6,8,12H,7H2,1-4H3/b6-5+. The van der Waals surface area contributed by atoms with Crippen molar-refractivity contribution in [2.45, 2.75) is 39.7 Å². The van der Waals surface area contributed by atoms with Crippen LogP contribution in [0.15, 0.2) is 12.2 Å². The van der Waals surface area contributed by atoms with Gasteiger partial charge in [0.25, 0.3) is 0 Å². The molecule has 12 heavy (non-hydrogen) atoms. The molecule has 1 unspecified atom stereocenters. The highest BCUT2D eigenvalue weighted by molar-refractivity contribution is 5.87. The number of hydrogen-bond donors (Lipinski definition) is 1. The van der Waals surface area contributed by atoms with Crippen LogP contribution in [0.5, 0.6) is 0 Å². The highest BCUT2D eigenvalue weighted by atomic mass is 16.3. The largest absolute Gasteiger partial charge is 0.386 e. The lowest BCUT2D eigenvalue weighted by atomic mass is 9.94. The minimum absolute atomic E-state index is 0.0287. The van der Waals surface area contributed by atoms with E-state index in [9.17, 15) is 9.90 Å². The summed E-state index contributed by atoms with van der Waals surface area (Å²) >= 11 is 0. The molecule has 0 fully saturated rings. The second-order valence-electron chi connectivity index (χ2n) is 3.90. The number of hydrogen-bond acceptors (Lipinski definition) is 2. The van der Waals surface area contributed by atoms with Crippen molar-refractivity contribution in [3.8, 4) is 0 Å². The number of carbonyl (C=O) groups is 1. The Labute approximate surface area is 74.3 Å². The van der Waals surface area contributed by atoms with Crippen LogP contribution >= 0.6 is 0 Å². The zero-order valence-corrected chi connectivity index (χ0v) is 8.29. The van der Waals surface area contributed by atoms with E-state index >= 15 is 0 Å². The summed E-state index contributed by atoms with van der Waals surface area (Å²) in [6.45, 7) is 7.26. The molecule has 0 aromatic heterocycles. The van der Waals surface area contributed by atoms with Gasteiger partial charge in [-0.05, 0) is 38.3 Å². The fourth-order valence-electron chi connectivity index (χ4n) is 1.19. The maximum absolute atomic E-state index is 10.6. The summed E-state index contributed by atoms with van der Waals surface area (Å²) in [4.78, 5) is 10.6. The molecule has 0 heterocycles. The number of carbonyl (C=O) groups excluding carboxylic acids is 1. The van der Waals surface area contributed by atoms with Gasteiger partial charge in [-0.15, -0.1) is 0 Å². The molecule has 2 nitrogen and oxygen atoms in total. The molecule has 0 spiro atoms. The van der Waals surface area contributed by atoms with Gasteiger partial charge in [-0.1, -0.05) is 13.8 Å². The van der Waals surface area contributed by atoms with Crippen LogP contribution < -0.4 is 0 Å². The SMILES string of the molecule is CC(=O)/C=C/C(C)(O)CC(C)C. The van der Waals surface area contributed by atoms with Crippen molar-refractivity contribution in [2.24, 2.45) is 5.92 Å². The zero-order chi connectivity index (χ0) is 9.78. The summed E-state index contributed by atoms with van der Waals surface area (Å²) in [6, 6.07) is 0. The molecule has 0 aliphatic heterocycles. The van der Waals surface area contributed by atoms with E-state index in [-0.39, 0.29) is 5.78 Å². The maximum Gasteiger partial charge on any atom is 0.152 e. The monoisotopic (exact) mass is 170 g/mol. The van der Waals surface area contributed by atoms with Crippen molar-refractivity contribution in [1.82, 2.24) is 0 Å². The van der Waals surface area contributed by atoms with Gasteiger partial charge in [-0.25, -0.2) is 0 Å². The quantitative estimate of drug-likeness (QED) is 0.654. The van der Waals surface area contributed by atoms with Gasteiger partial charge in [0, 0.05) is 0 Å². The van der Waals surface area contributed by atoms with Crippen molar-refractivity contribution in [3.05, 3.63) is 12.2 Å². The molecule has 0 saturated heterocycles. The van der Waals surface area contributed by atoms with Crippen LogP contribution in [-0.4, -0.2) is 16.5 Å². The second kappa shape index (κ2) is 4.41. The average molecular weight is 170 g/mol. The number of rotatable bonds is 4. The Morgan fingerprint density at radius 1 is 1.58 bits per heavy atom. The first-order valence-corrected chi connectivity index (χ1v) is 4.25. The van der Waals surface area contributed by atoms with Crippen molar-refractivity contribution in [2.75, 3.05) is 0 Å². The number of aliphatic hydroxyl groups is 1. The van der Waals surface area contributed by atoms with E-state index in [0.29, 0.717) is 12.3 Å². The third-order valence-electron chi connectivity index (χ3n) is 1.50. The highest BCUT2D eigenvalue weighted by Gasteiger charge is 2.17. The first-order chi connectivity index (χ1) is 5.33. The highest BCUT2D eigenvalue weighted by Crippen LogP contribution is 2.17. The molecule has 0 saturated carbocycles. The normalized spacial score (nSPS) is 16.8. The first-order valence-electron chi connectivity index (χ1n) is 4.25.